The number of carbonyl (C=O) groups excluding carboxylic acids is 2. The van der Waals surface area contributed by atoms with Gasteiger partial charge in [0.25, 0.3) is 0 Å². The molecule has 0 aromatic heterocycles. The third kappa shape index (κ3) is 5.11. The highest BCUT2D eigenvalue weighted by atomic mass is 35.5. The van der Waals surface area contributed by atoms with Crippen molar-refractivity contribution in [2.45, 2.75) is 32.2 Å². The fourth-order valence-corrected chi connectivity index (χ4v) is 3.16. The van der Waals surface area contributed by atoms with Gasteiger partial charge < -0.3 is 15.0 Å². The molecule has 0 radical (unpaired) electrons. The van der Waals surface area contributed by atoms with Crippen molar-refractivity contribution in [2.24, 2.45) is 5.92 Å². The molecule has 0 bridgehead atoms. The zero-order valence-corrected chi connectivity index (χ0v) is 14.4. The number of ether oxygens (including phenoxy) is 1. The number of amides is 1. The average Bonchev–Trinajstić information content (AvgIpc) is 2.55. The molecule has 2 aliphatic heterocycles. The molecule has 2 heterocycles. The van der Waals surface area contributed by atoms with Gasteiger partial charge in [0, 0.05) is 38.1 Å². The fourth-order valence-electron chi connectivity index (χ4n) is 3.16. The van der Waals surface area contributed by atoms with E-state index in [-0.39, 0.29) is 30.3 Å². The highest BCUT2D eigenvalue weighted by molar-refractivity contribution is 5.85. The van der Waals surface area contributed by atoms with E-state index in [1.807, 2.05) is 11.8 Å². The minimum atomic E-state index is -0.171. The van der Waals surface area contributed by atoms with E-state index in [1.165, 1.54) is 7.11 Å². The molecule has 22 heavy (non-hydrogen) atoms. The molecule has 6 nitrogen and oxygen atoms in total. The zero-order chi connectivity index (χ0) is 15.2. The third-order valence-electron chi connectivity index (χ3n) is 4.63. The number of nitrogens with one attached hydrogen (secondary N) is 1. The number of halogens is 1. The number of methoxy groups -OCH3 is 1. The molecular weight excluding hydrogens is 306 g/mol. The molecule has 0 aliphatic carbocycles. The molecule has 1 N–H and O–H groups in total. The Kier molecular flexibility index (Phi) is 8.14. The first-order valence-corrected chi connectivity index (χ1v) is 7.92. The monoisotopic (exact) mass is 333 g/mol. The molecule has 7 heteroatoms. The summed E-state index contributed by atoms with van der Waals surface area (Å²) in [7, 11) is 1.42. The Hall–Kier alpha value is -0.850. The van der Waals surface area contributed by atoms with Crippen LogP contribution in [0.15, 0.2) is 0 Å². The van der Waals surface area contributed by atoms with Crippen molar-refractivity contribution in [3.05, 3.63) is 0 Å². The maximum atomic E-state index is 12.5. The lowest BCUT2D eigenvalue weighted by Gasteiger charge is -2.39. The molecule has 2 aliphatic rings. The number of rotatable bonds is 4. The van der Waals surface area contributed by atoms with Crippen LogP contribution in [0.2, 0.25) is 0 Å². The summed E-state index contributed by atoms with van der Waals surface area (Å²) in [5.74, 6) is 0.345. The number of hydrogen-bond acceptors (Lipinski definition) is 5. The van der Waals surface area contributed by atoms with Crippen molar-refractivity contribution in [1.82, 2.24) is 15.1 Å². The topological polar surface area (TPSA) is 61.9 Å². The largest absolute Gasteiger partial charge is 0.469 e. The molecule has 0 saturated carbocycles. The number of piperazine rings is 1. The summed E-state index contributed by atoms with van der Waals surface area (Å²) in [6, 6.07) is 0.175. The van der Waals surface area contributed by atoms with E-state index in [4.69, 9.17) is 4.74 Å². The lowest BCUT2D eigenvalue weighted by atomic mass is 9.96. The second-order valence-corrected chi connectivity index (χ2v) is 6.01. The van der Waals surface area contributed by atoms with Crippen LogP contribution >= 0.6 is 12.4 Å². The Bertz CT molecular complexity index is 367. The first-order chi connectivity index (χ1) is 10.1. The SMILES string of the molecule is COC(=O)CC(C)N1CCN(C(=O)C2CCNCC2)CC1.Cl. The number of hydrogen-bond donors (Lipinski definition) is 1. The van der Waals surface area contributed by atoms with Crippen molar-refractivity contribution in [1.29, 1.82) is 0 Å². The Balaban J connectivity index is 0.00000242. The molecule has 1 atom stereocenters. The summed E-state index contributed by atoms with van der Waals surface area (Å²) in [5.41, 5.74) is 0. The van der Waals surface area contributed by atoms with Gasteiger partial charge in [0.15, 0.2) is 0 Å². The first kappa shape index (κ1) is 19.2. The Labute approximate surface area is 138 Å². The lowest BCUT2D eigenvalue weighted by Crippen LogP contribution is -2.53. The highest BCUT2D eigenvalue weighted by Crippen LogP contribution is 2.17. The standard InChI is InChI=1S/C15H27N3O3.ClH/c1-12(11-14(19)21-2)17-7-9-18(10-8-17)15(20)13-3-5-16-6-4-13;/h12-13,16H,3-11H2,1-2H3;1H. The Morgan fingerprint density at radius 1 is 1.18 bits per heavy atom. The molecule has 0 aromatic carbocycles. The average molecular weight is 334 g/mol. The Morgan fingerprint density at radius 2 is 1.77 bits per heavy atom. The van der Waals surface area contributed by atoms with Gasteiger partial charge in [0.1, 0.15) is 0 Å². The fraction of sp³-hybridized carbons (Fsp3) is 0.867. The Morgan fingerprint density at radius 3 is 2.32 bits per heavy atom. The van der Waals surface area contributed by atoms with Gasteiger partial charge in [-0.2, -0.15) is 0 Å². The van der Waals surface area contributed by atoms with Crippen molar-refractivity contribution < 1.29 is 14.3 Å². The molecule has 128 valence electrons. The summed E-state index contributed by atoms with van der Waals surface area (Å²) < 4.78 is 4.71. The minimum Gasteiger partial charge on any atom is -0.469 e. The van der Waals surface area contributed by atoms with Gasteiger partial charge >= 0.3 is 5.97 Å². The van der Waals surface area contributed by atoms with Crippen LogP contribution in [0, 0.1) is 5.92 Å². The summed E-state index contributed by atoms with van der Waals surface area (Å²) >= 11 is 0. The lowest BCUT2D eigenvalue weighted by molar-refractivity contribution is -0.143. The van der Waals surface area contributed by atoms with Crippen molar-refractivity contribution in [2.75, 3.05) is 46.4 Å². The molecule has 0 spiro atoms. The number of carbonyl (C=O) groups is 2. The maximum Gasteiger partial charge on any atom is 0.307 e. The summed E-state index contributed by atoms with van der Waals surface area (Å²) in [5, 5.41) is 3.30. The highest BCUT2D eigenvalue weighted by Gasteiger charge is 2.29. The second-order valence-electron chi connectivity index (χ2n) is 6.01. The van der Waals surface area contributed by atoms with Gasteiger partial charge in [-0.05, 0) is 32.9 Å². The maximum absolute atomic E-state index is 12.5. The van der Waals surface area contributed by atoms with Crippen LogP contribution in [0.3, 0.4) is 0 Å². The first-order valence-electron chi connectivity index (χ1n) is 7.92. The van der Waals surface area contributed by atoms with E-state index in [0.717, 1.165) is 52.1 Å². The number of esters is 1. The van der Waals surface area contributed by atoms with E-state index in [0.29, 0.717) is 12.3 Å². The summed E-state index contributed by atoms with van der Waals surface area (Å²) in [6.45, 7) is 7.17. The molecule has 2 saturated heterocycles. The van der Waals surface area contributed by atoms with Crippen molar-refractivity contribution in [3.8, 4) is 0 Å². The van der Waals surface area contributed by atoms with Gasteiger partial charge in [-0.1, -0.05) is 0 Å². The van der Waals surface area contributed by atoms with Gasteiger partial charge in [0.05, 0.1) is 13.5 Å². The van der Waals surface area contributed by atoms with Crippen LogP contribution < -0.4 is 5.32 Å². The van der Waals surface area contributed by atoms with E-state index in [2.05, 4.69) is 10.2 Å². The molecule has 2 fully saturated rings. The smallest absolute Gasteiger partial charge is 0.307 e. The van der Waals surface area contributed by atoms with Gasteiger partial charge in [0.2, 0.25) is 5.91 Å². The zero-order valence-electron chi connectivity index (χ0n) is 13.5. The minimum absolute atomic E-state index is 0. The predicted molar refractivity (Wildman–Crippen MR) is 87.1 cm³/mol. The normalized spacial score (nSPS) is 21.8. The van der Waals surface area contributed by atoms with E-state index in [9.17, 15) is 9.59 Å². The molecule has 0 aromatic rings. The van der Waals surface area contributed by atoms with Crippen LogP contribution in [0.25, 0.3) is 0 Å². The van der Waals surface area contributed by atoms with E-state index >= 15 is 0 Å². The molecule has 2 rings (SSSR count). The summed E-state index contributed by atoms with van der Waals surface area (Å²) in [6.07, 6.45) is 2.33. The number of nitrogens with zero attached hydrogens (tertiary/aromatic N) is 2. The second kappa shape index (κ2) is 9.33. The van der Waals surface area contributed by atoms with Crippen molar-refractivity contribution in [3.63, 3.8) is 0 Å². The van der Waals surface area contributed by atoms with E-state index in [1.54, 1.807) is 0 Å². The van der Waals surface area contributed by atoms with Crippen LogP contribution in [-0.2, 0) is 14.3 Å². The third-order valence-corrected chi connectivity index (χ3v) is 4.63. The molecule has 1 unspecified atom stereocenters. The van der Waals surface area contributed by atoms with E-state index < -0.39 is 0 Å². The van der Waals surface area contributed by atoms with Gasteiger partial charge in [-0.3, -0.25) is 14.5 Å². The van der Waals surface area contributed by atoms with Crippen LogP contribution in [-0.4, -0.2) is 74.1 Å². The van der Waals surface area contributed by atoms with Crippen LogP contribution in [0.5, 0.6) is 0 Å². The van der Waals surface area contributed by atoms with Crippen LogP contribution in [0.1, 0.15) is 26.2 Å². The van der Waals surface area contributed by atoms with Gasteiger partial charge in [-0.15, -0.1) is 12.4 Å². The van der Waals surface area contributed by atoms with Gasteiger partial charge in [-0.25, -0.2) is 0 Å². The van der Waals surface area contributed by atoms with Crippen molar-refractivity contribution >= 4 is 24.3 Å². The quantitative estimate of drug-likeness (QED) is 0.759. The molecular formula is C15H28ClN3O3. The molecule has 1 amide bonds. The van der Waals surface area contributed by atoms with Crippen LogP contribution in [0.4, 0.5) is 0 Å². The predicted octanol–water partition coefficient (Wildman–Crippen LogP) is 0.504. The summed E-state index contributed by atoms with van der Waals surface area (Å²) in [4.78, 5) is 28.0. The number of piperidine rings is 1.